The lowest BCUT2D eigenvalue weighted by Gasteiger charge is -2.57. The second-order valence-corrected chi connectivity index (χ2v) is 7.62. The van der Waals surface area contributed by atoms with E-state index < -0.39 is 0 Å². The first-order valence-electron chi connectivity index (χ1n) is 8.71. The highest BCUT2D eigenvalue weighted by Crippen LogP contribution is 2.56. The van der Waals surface area contributed by atoms with Gasteiger partial charge in [0.15, 0.2) is 0 Å². The van der Waals surface area contributed by atoms with E-state index in [1.807, 2.05) is 31.2 Å². The summed E-state index contributed by atoms with van der Waals surface area (Å²) in [5.41, 5.74) is 2.10. The van der Waals surface area contributed by atoms with Crippen LogP contribution in [0.2, 0.25) is 0 Å². The molecule has 0 aromatic heterocycles. The Hall–Kier alpha value is -1.51. The Kier molecular flexibility index (Phi) is 3.39. The molecular formula is C19H25NO2. The topological polar surface area (TPSA) is 38.3 Å². The van der Waals surface area contributed by atoms with Crippen molar-refractivity contribution in [2.75, 3.05) is 11.9 Å². The number of rotatable bonds is 4. The van der Waals surface area contributed by atoms with Gasteiger partial charge in [0, 0.05) is 11.2 Å². The molecule has 3 nitrogen and oxygen atoms in total. The molecule has 0 spiro atoms. The molecule has 0 atom stereocenters. The van der Waals surface area contributed by atoms with Crippen LogP contribution in [0.4, 0.5) is 5.69 Å². The van der Waals surface area contributed by atoms with Crippen LogP contribution in [0.25, 0.3) is 0 Å². The van der Waals surface area contributed by atoms with E-state index in [-0.39, 0.29) is 5.97 Å². The van der Waals surface area contributed by atoms with E-state index in [0.717, 1.165) is 23.4 Å². The number of hydrogen-bond acceptors (Lipinski definition) is 3. The molecule has 4 aliphatic carbocycles. The Morgan fingerprint density at radius 2 is 1.64 bits per heavy atom. The number of hydrogen-bond donors (Lipinski definition) is 1. The van der Waals surface area contributed by atoms with E-state index >= 15 is 0 Å². The molecule has 0 unspecified atom stereocenters. The Bertz CT molecular complexity index is 528. The number of ether oxygens (including phenoxy) is 1. The highest BCUT2D eigenvalue weighted by atomic mass is 16.5. The Balaban J connectivity index is 1.48. The first-order chi connectivity index (χ1) is 10.7. The van der Waals surface area contributed by atoms with Gasteiger partial charge in [-0.25, -0.2) is 4.79 Å². The molecule has 4 bridgehead atoms. The van der Waals surface area contributed by atoms with Crippen molar-refractivity contribution in [1.82, 2.24) is 0 Å². The summed E-state index contributed by atoms with van der Waals surface area (Å²) in [5, 5.41) is 3.83. The van der Waals surface area contributed by atoms with Gasteiger partial charge in [0.1, 0.15) is 0 Å². The van der Waals surface area contributed by atoms with Gasteiger partial charge in [0.25, 0.3) is 0 Å². The largest absolute Gasteiger partial charge is 0.462 e. The lowest BCUT2D eigenvalue weighted by Crippen LogP contribution is -2.54. The van der Waals surface area contributed by atoms with Gasteiger partial charge in [-0.05, 0) is 87.5 Å². The molecule has 5 rings (SSSR count). The van der Waals surface area contributed by atoms with Gasteiger partial charge in [0.05, 0.1) is 12.2 Å². The van der Waals surface area contributed by atoms with Crippen LogP contribution in [0.15, 0.2) is 24.3 Å². The lowest BCUT2D eigenvalue weighted by atomic mass is 9.53. The third-order valence-corrected chi connectivity index (χ3v) is 5.84. The first kappa shape index (κ1) is 14.1. The Labute approximate surface area is 132 Å². The highest BCUT2D eigenvalue weighted by molar-refractivity contribution is 5.89. The zero-order valence-electron chi connectivity index (χ0n) is 13.3. The van der Waals surface area contributed by atoms with E-state index in [9.17, 15) is 4.79 Å². The molecule has 0 heterocycles. The number of nitrogens with one attached hydrogen (secondary N) is 1. The van der Waals surface area contributed by atoms with Crippen LogP contribution in [-0.4, -0.2) is 18.1 Å². The van der Waals surface area contributed by atoms with Crippen molar-refractivity contribution in [1.29, 1.82) is 0 Å². The molecule has 0 aliphatic heterocycles. The summed E-state index contributed by atoms with van der Waals surface area (Å²) in [7, 11) is 0. The summed E-state index contributed by atoms with van der Waals surface area (Å²) in [4.78, 5) is 11.7. The van der Waals surface area contributed by atoms with Crippen LogP contribution >= 0.6 is 0 Å². The molecule has 0 saturated heterocycles. The Morgan fingerprint density at radius 1 is 1.09 bits per heavy atom. The average Bonchev–Trinajstić information content (AvgIpc) is 2.46. The number of carbonyl (C=O) groups is 1. The zero-order chi connectivity index (χ0) is 15.2. The first-order valence-corrected chi connectivity index (χ1v) is 8.71. The van der Waals surface area contributed by atoms with E-state index in [1.54, 1.807) is 0 Å². The second-order valence-electron chi connectivity index (χ2n) is 7.62. The minimum atomic E-state index is -0.233. The van der Waals surface area contributed by atoms with Crippen LogP contribution in [0.5, 0.6) is 0 Å². The van der Waals surface area contributed by atoms with Crippen molar-refractivity contribution < 1.29 is 9.53 Å². The van der Waals surface area contributed by atoms with Crippen LogP contribution in [0, 0.1) is 17.8 Å². The molecular weight excluding hydrogens is 274 g/mol. The molecule has 1 aromatic rings. The maximum Gasteiger partial charge on any atom is 0.338 e. The molecule has 1 N–H and O–H groups in total. The minimum absolute atomic E-state index is 0.233. The van der Waals surface area contributed by atoms with Gasteiger partial charge in [0.2, 0.25) is 0 Å². The number of carbonyl (C=O) groups excluding carboxylic acids is 1. The summed E-state index contributed by atoms with van der Waals surface area (Å²) in [6.07, 6.45) is 8.38. The van der Waals surface area contributed by atoms with E-state index in [4.69, 9.17) is 4.74 Å². The fourth-order valence-electron chi connectivity index (χ4n) is 5.47. The maximum atomic E-state index is 11.7. The van der Waals surface area contributed by atoms with Crippen molar-refractivity contribution in [2.24, 2.45) is 17.8 Å². The fraction of sp³-hybridized carbons (Fsp3) is 0.632. The third-order valence-electron chi connectivity index (χ3n) is 5.84. The summed E-state index contributed by atoms with van der Waals surface area (Å²) in [6, 6.07) is 7.82. The molecule has 3 heteroatoms. The SMILES string of the molecule is CCOC(=O)c1ccc(NC23CC4CC(CC(C4)C2)C3)cc1. The van der Waals surface area contributed by atoms with Gasteiger partial charge < -0.3 is 10.1 Å². The third kappa shape index (κ3) is 2.51. The summed E-state index contributed by atoms with van der Waals surface area (Å²) in [5.74, 6) is 2.59. The fourth-order valence-corrected chi connectivity index (χ4v) is 5.47. The van der Waals surface area contributed by atoms with E-state index in [1.165, 1.54) is 38.5 Å². The highest BCUT2D eigenvalue weighted by Gasteiger charge is 2.50. The number of anilines is 1. The molecule has 118 valence electrons. The number of benzene rings is 1. The van der Waals surface area contributed by atoms with Gasteiger partial charge in [-0.2, -0.15) is 0 Å². The predicted octanol–water partition coefficient (Wildman–Crippen LogP) is 4.24. The molecule has 4 aliphatic rings. The molecule has 0 amide bonds. The van der Waals surface area contributed by atoms with Crippen LogP contribution in [0.1, 0.15) is 55.8 Å². The summed E-state index contributed by atoms with van der Waals surface area (Å²) < 4.78 is 5.04. The van der Waals surface area contributed by atoms with Gasteiger partial charge in [-0.1, -0.05) is 0 Å². The smallest absolute Gasteiger partial charge is 0.338 e. The number of esters is 1. The normalized spacial score (nSPS) is 35.4. The quantitative estimate of drug-likeness (QED) is 0.845. The van der Waals surface area contributed by atoms with Gasteiger partial charge in [-0.3, -0.25) is 0 Å². The van der Waals surface area contributed by atoms with Crippen molar-refractivity contribution in [2.45, 2.75) is 51.0 Å². The lowest BCUT2D eigenvalue weighted by molar-refractivity contribution is 0.0107. The van der Waals surface area contributed by atoms with Crippen molar-refractivity contribution >= 4 is 11.7 Å². The molecule has 4 fully saturated rings. The molecule has 22 heavy (non-hydrogen) atoms. The second kappa shape index (κ2) is 5.29. The standard InChI is InChI=1S/C19H25NO2/c1-2-22-18(21)16-3-5-17(6-4-16)20-19-10-13-7-14(11-19)9-15(8-13)12-19/h3-6,13-15,20H,2,7-12H2,1H3. The van der Waals surface area contributed by atoms with Gasteiger partial charge >= 0.3 is 5.97 Å². The van der Waals surface area contributed by atoms with Crippen molar-refractivity contribution in [3.63, 3.8) is 0 Å². The average molecular weight is 299 g/mol. The van der Waals surface area contributed by atoms with Crippen molar-refractivity contribution in [3.05, 3.63) is 29.8 Å². The predicted molar refractivity (Wildman–Crippen MR) is 86.9 cm³/mol. The monoisotopic (exact) mass is 299 g/mol. The van der Waals surface area contributed by atoms with Crippen LogP contribution < -0.4 is 5.32 Å². The summed E-state index contributed by atoms with van der Waals surface area (Å²) in [6.45, 7) is 2.26. The van der Waals surface area contributed by atoms with E-state index in [2.05, 4.69) is 5.32 Å². The van der Waals surface area contributed by atoms with Crippen LogP contribution in [0.3, 0.4) is 0 Å². The van der Waals surface area contributed by atoms with Crippen molar-refractivity contribution in [3.8, 4) is 0 Å². The minimum Gasteiger partial charge on any atom is -0.462 e. The van der Waals surface area contributed by atoms with Gasteiger partial charge in [-0.15, -0.1) is 0 Å². The molecule has 0 radical (unpaired) electrons. The molecule has 1 aromatic carbocycles. The Morgan fingerprint density at radius 3 is 2.14 bits per heavy atom. The molecule has 4 saturated carbocycles. The maximum absolute atomic E-state index is 11.7. The van der Waals surface area contributed by atoms with E-state index in [0.29, 0.717) is 17.7 Å². The summed E-state index contributed by atoms with van der Waals surface area (Å²) >= 11 is 0. The zero-order valence-corrected chi connectivity index (χ0v) is 13.3. The van der Waals surface area contributed by atoms with Crippen LogP contribution in [-0.2, 0) is 4.74 Å².